The minimum atomic E-state index is -3.61. The number of aliphatic hydroxyl groups is 1. The summed E-state index contributed by atoms with van der Waals surface area (Å²) in [5, 5.41) is 12.7. The molecular formula is C15H21ClN2O4S. The van der Waals surface area contributed by atoms with E-state index in [4.69, 9.17) is 11.6 Å². The van der Waals surface area contributed by atoms with Gasteiger partial charge in [0.25, 0.3) is 0 Å². The Bertz CT molecular complexity index is 633. The normalized spacial score (nSPS) is 21.8. The van der Waals surface area contributed by atoms with Crippen LogP contribution in [0.15, 0.2) is 29.2 Å². The fraction of sp³-hybridized carbons (Fsp3) is 0.533. The van der Waals surface area contributed by atoms with Crippen LogP contribution in [-0.4, -0.2) is 38.6 Å². The highest BCUT2D eigenvalue weighted by atomic mass is 35.5. The van der Waals surface area contributed by atoms with E-state index in [9.17, 15) is 18.3 Å². The van der Waals surface area contributed by atoms with Crippen LogP contribution in [0.25, 0.3) is 0 Å². The first-order chi connectivity index (χ1) is 10.9. The van der Waals surface area contributed by atoms with E-state index in [1.54, 1.807) is 0 Å². The first-order valence-electron chi connectivity index (χ1n) is 7.59. The Hall–Kier alpha value is -1.15. The van der Waals surface area contributed by atoms with Crippen LogP contribution in [0, 0.1) is 5.92 Å². The van der Waals surface area contributed by atoms with Gasteiger partial charge in [-0.25, -0.2) is 13.1 Å². The molecule has 2 atom stereocenters. The Morgan fingerprint density at radius 1 is 1.22 bits per heavy atom. The predicted octanol–water partition coefficient (Wildman–Crippen LogP) is 1.29. The van der Waals surface area contributed by atoms with Gasteiger partial charge in [-0.2, -0.15) is 0 Å². The van der Waals surface area contributed by atoms with Crippen molar-refractivity contribution < 1.29 is 18.3 Å². The summed E-state index contributed by atoms with van der Waals surface area (Å²) < 4.78 is 26.5. The summed E-state index contributed by atoms with van der Waals surface area (Å²) in [6.07, 6.45) is 2.40. The molecule has 23 heavy (non-hydrogen) atoms. The minimum Gasteiger partial charge on any atom is -0.393 e. The third-order valence-corrected chi connectivity index (χ3v) is 5.59. The fourth-order valence-corrected chi connectivity index (χ4v) is 3.77. The van der Waals surface area contributed by atoms with Gasteiger partial charge in [-0.05, 0) is 43.5 Å². The lowest BCUT2D eigenvalue weighted by atomic mass is 9.87. The molecule has 1 aliphatic rings. The van der Waals surface area contributed by atoms with Crippen molar-refractivity contribution in [2.24, 2.45) is 5.92 Å². The van der Waals surface area contributed by atoms with Gasteiger partial charge in [0.1, 0.15) is 0 Å². The number of aliphatic hydroxyl groups excluding tert-OH is 1. The van der Waals surface area contributed by atoms with Crippen LogP contribution in [-0.2, 0) is 14.8 Å². The van der Waals surface area contributed by atoms with E-state index in [1.807, 2.05) is 0 Å². The van der Waals surface area contributed by atoms with E-state index in [1.165, 1.54) is 24.3 Å². The van der Waals surface area contributed by atoms with Crippen LogP contribution in [0.1, 0.15) is 25.7 Å². The van der Waals surface area contributed by atoms with Crippen LogP contribution in [0.3, 0.4) is 0 Å². The van der Waals surface area contributed by atoms with Crippen molar-refractivity contribution >= 4 is 27.5 Å². The van der Waals surface area contributed by atoms with Gasteiger partial charge >= 0.3 is 0 Å². The zero-order valence-electron chi connectivity index (χ0n) is 12.7. The molecule has 0 aliphatic heterocycles. The third kappa shape index (κ3) is 5.46. The second kappa shape index (κ2) is 8.10. The number of hydrogen-bond acceptors (Lipinski definition) is 4. The fourth-order valence-electron chi connectivity index (χ4n) is 2.61. The van der Waals surface area contributed by atoms with Gasteiger partial charge in [0.05, 0.1) is 11.0 Å². The molecule has 0 bridgehead atoms. The lowest BCUT2D eigenvalue weighted by Crippen LogP contribution is -2.39. The second-order valence-corrected chi connectivity index (χ2v) is 7.86. The second-order valence-electron chi connectivity index (χ2n) is 5.66. The molecule has 0 spiro atoms. The van der Waals surface area contributed by atoms with Crippen molar-refractivity contribution in [3.05, 3.63) is 29.3 Å². The summed E-state index contributed by atoms with van der Waals surface area (Å²) in [6.45, 7) is 0.310. The molecule has 128 valence electrons. The van der Waals surface area contributed by atoms with E-state index >= 15 is 0 Å². The van der Waals surface area contributed by atoms with Gasteiger partial charge in [0, 0.05) is 24.0 Å². The zero-order chi connectivity index (χ0) is 16.9. The SMILES string of the molecule is O=C(NCCNS(=O)(=O)c1ccc(Cl)cc1)[C@@H]1CCC[C@H](O)C1. The summed E-state index contributed by atoms with van der Waals surface area (Å²) >= 11 is 5.73. The molecule has 1 aliphatic carbocycles. The van der Waals surface area contributed by atoms with Crippen LogP contribution >= 0.6 is 11.6 Å². The first-order valence-corrected chi connectivity index (χ1v) is 9.45. The number of carbonyl (C=O) groups is 1. The Labute approximate surface area is 141 Å². The Kier molecular flexibility index (Phi) is 6.41. The zero-order valence-corrected chi connectivity index (χ0v) is 14.2. The maximum absolute atomic E-state index is 12.0. The molecule has 8 heteroatoms. The molecule has 1 amide bonds. The Balaban J connectivity index is 1.76. The van der Waals surface area contributed by atoms with E-state index in [-0.39, 0.29) is 29.8 Å². The molecule has 3 N–H and O–H groups in total. The largest absolute Gasteiger partial charge is 0.393 e. The van der Waals surface area contributed by atoms with Crippen molar-refractivity contribution in [3.63, 3.8) is 0 Å². The average Bonchev–Trinajstić information content (AvgIpc) is 2.52. The van der Waals surface area contributed by atoms with Gasteiger partial charge in [-0.3, -0.25) is 4.79 Å². The van der Waals surface area contributed by atoms with Gasteiger partial charge < -0.3 is 10.4 Å². The lowest BCUT2D eigenvalue weighted by molar-refractivity contribution is -0.127. The highest BCUT2D eigenvalue weighted by Crippen LogP contribution is 2.24. The van der Waals surface area contributed by atoms with E-state index in [2.05, 4.69) is 10.0 Å². The monoisotopic (exact) mass is 360 g/mol. The molecule has 1 saturated carbocycles. The van der Waals surface area contributed by atoms with E-state index < -0.39 is 16.1 Å². The molecule has 1 fully saturated rings. The van der Waals surface area contributed by atoms with Crippen molar-refractivity contribution in [2.45, 2.75) is 36.7 Å². The summed E-state index contributed by atoms with van der Waals surface area (Å²) in [4.78, 5) is 12.1. The van der Waals surface area contributed by atoms with E-state index in [0.29, 0.717) is 11.4 Å². The lowest BCUT2D eigenvalue weighted by Gasteiger charge is -2.24. The highest BCUT2D eigenvalue weighted by Gasteiger charge is 2.25. The van der Waals surface area contributed by atoms with Crippen LogP contribution in [0.5, 0.6) is 0 Å². The highest BCUT2D eigenvalue weighted by molar-refractivity contribution is 7.89. The number of rotatable bonds is 6. The molecule has 0 saturated heterocycles. The first kappa shape index (κ1) is 18.2. The van der Waals surface area contributed by atoms with Gasteiger partial charge in [-0.1, -0.05) is 18.0 Å². The van der Waals surface area contributed by atoms with Gasteiger partial charge in [0.15, 0.2) is 0 Å². The number of sulfonamides is 1. The molecule has 6 nitrogen and oxygen atoms in total. The van der Waals surface area contributed by atoms with Crippen molar-refractivity contribution in [2.75, 3.05) is 13.1 Å². The summed E-state index contributed by atoms with van der Waals surface area (Å²) in [5.74, 6) is -0.318. The molecule has 1 aromatic rings. The summed E-state index contributed by atoms with van der Waals surface area (Å²) in [7, 11) is -3.61. The molecule has 1 aromatic carbocycles. The molecule has 0 unspecified atom stereocenters. The predicted molar refractivity (Wildman–Crippen MR) is 87.6 cm³/mol. The van der Waals surface area contributed by atoms with E-state index in [0.717, 1.165) is 19.3 Å². The van der Waals surface area contributed by atoms with Crippen molar-refractivity contribution in [3.8, 4) is 0 Å². The quantitative estimate of drug-likeness (QED) is 0.666. The third-order valence-electron chi connectivity index (χ3n) is 3.86. The van der Waals surface area contributed by atoms with Crippen molar-refractivity contribution in [1.82, 2.24) is 10.0 Å². The standard InChI is InChI=1S/C15H21ClN2O4S/c16-12-4-6-14(7-5-12)23(21,22)18-9-8-17-15(20)11-2-1-3-13(19)10-11/h4-7,11,13,18-19H,1-3,8-10H2,(H,17,20)/t11-,13+/m1/s1. The molecule has 0 heterocycles. The number of nitrogens with one attached hydrogen (secondary N) is 2. The number of carbonyl (C=O) groups excluding carboxylic acids is 1. The number of benzene rings is 1. The molecule has 0 radical (unpaired) electrons. The maximum atomic E-state index is 12.0. The summed E-state index contributed by atoms with van der Waals surface area (Å²) in [5.41, 5.74) is 0. The molecule has 2 rings (SSSR count). The number of amides is 1. The van der Waals surface area contributed by atoms with Crippen LogP contribution in [0.2, 0.25) is 5.02 Å². The Morgan fingerprint density at radius 3 is 2.57 bits per heavy atom. The van der Waals surface area contributed by atoms with Gasteiger partial charge in [-0.15, -0.1) is 0 Å². The van der Waals surface area contributed by atoms with Crippen LogP contribution in [0.4, 0.5) is 0 Å². The van der Waals surface area contributed by atoms with Crippen LogP contribution < -0.4 is 10.0 Å². The average molecular weight is 361 g/mol. The topological polar surface area (TPSA) is 95.5 Å². The number of hydrogen-bond donors (Lipinski definition) is 3. The maximum Gasteiger partial charge on any atom is 0.240 e. The smallest absolute Gasteiger partial charge is 0.240 e. The summed E-state index contributed by atoms with van der Waals surface area (Å²) in [6, 6.07) is 5.86. The molecule has 0 aromatic heterocycles. The Morgan fingerprint density at radius 2 is 1.91 bits per heavy atom. The minimum absolute atomic E-state index is 0.103. The van der Waals surface area contributed by atoms with Gasteiger partial charge in [0.2, 0.25) is 15.9 Å². The van der Waals surface area contributed by atoms with Crippen molar-refractivity contribution in [1.29, 1.82) is 0 Å². The number of halogens is 1. The molecular weight excluding hydrogens is 340 g/mol.